The third-order valence-electron chi connectivity index (χ3n) is 3.92. The Morgan fingerprint density at radius 1 is 1.14 bits per heavy atom. The van der Waals surface area contributed by atoms with Crippen LogP contribution in [0.4, 0.5) is 13.2 Å². The first-order valence-corrected chi connectivity index (χ1v) is 4.96. The van der Waals surface area contributed by atoms with Gasteiger partial charge in [0.2, 0.25) is 0 Å². The lowest BCUT2D eigenvalue weighted by atomic mass is 9.64. The van der Waals surface area contributed by atoms with Crippen LogP contribution < -0.4 is 0 Å². The fourth-order valence-electron chi connectivity index (χ4n) is 2.03. The molecule has 0 bridgehead atoms. The van der Waals surface area contributed by atoms with Crippen molar-refractivity contribution in [3.63, 3.8) is 0 Å². The Hall–Kier alpha value is -0.470. The summed E-state index contributed by atoms with van der Waals surface area (Å²) in [4.78, 5) is 0. The summed E-state index contributed by atoms with van der Waals surface area (Å²) in [6.45, 7) is 6.84. The van der Waals surface area contributed by atoms with Crippen LogP contribution in [0.5, 0.6) is 0 Å². The standard InChI is InChI=1S/C11H17F3/c1-7-5-6-10(4,11(12,13)14)9(3)8(7)2/h5-9H,1-4H3/t7?,8?,9-,10?/m0/s1. The number of hydrogen-bond donors (Lipinski definition) is 0. The van der Waals surface area contributed by atoms with E-state index in [2.05, 4.69) is 0 Å². The molecular weight excluding hydrogens is 189 g/mol. The van der Waals surface area contributed by atoms with Gasteiger partial charge in [0.15, 0.2) is 0 Å². The zero-order valence-corrected chi connectivity index (χ0v) is 9.02. The highest BCUT2D eigenvalue weighted by Crippen LogP contribution is 2.51. The molecule has 0 aromatic carbocycles. The molecule has 14 heavy (non-hydrogen) atoms. The van der Waals surface area contributed by atoms with Crippen LogP contribution in [0, 0.1) is 23.2 Å². The molecule has 0 amide bonds. The SMILES string of the molecule is CC1C=CC(C)(C(F)(F)F)[C@@H](C)C1C. The number of rotatable bonds is 0. The maximum atomic E-state index is 12.8. The molecule has 3 unspecified atom stereocenters. The minimum absolute atomic E-state index is 0.0756. The summed E-state index contributed by atoms with van der Waals surface area (Å²) in [5.41, 5.74) is -1.65. The van der Waals surface area contributed by atoms with Crippen molar-refractivity contribution in [2.24, 2.45) is 23.2 Å². The third-order valence-corrected chi connectivity index (χ3v) is 3.92. The molecule has 0 aliphatic heterocycles. The van der Waals surface area contributed by atoms with Gasteiger partial charge in [-0.2, -0.15) is 13.2 Å². The first-order valence-electron chi connectivity index (χ1n) is 4.96. The van der Waals surface area contributed by atoms with Gasteiger partial charge in [0.1, 0.15) is 0 Å². The lowest BCUT2D eigenvalue weighted by Crippen LogP contribution is -2.45. The quantitative estimate of drug-likeness (QED) is 0.525. The molecule has 0 saturated heterocycles. The summed E-state index contributed by atoms with van der Waals surface area (Å²) in [6, 6.07) is 0. The summed E-state index contributed by atoms with van der Waals surface area (Å²) < 4.78 is 38.5. The normalized spacial score (nSPS) is 44.1. The minimum Gasteiger partial charge on any atom is -0.170 e. The Balaban J connectivity index is 3.07. The Kier molecular flexibility index (Phi) is 2.72. The van der Waals surface area contributed by atoms with Crippen LogP contribution in [0.1, 0.15) is 27.7 Å². The number of alkyl halides is 3. The van der Waals surface area contributed by atoms with Gasteiger partial charge >= 0.3 is 6.18 Å². The van der Waals surface area contributed by atoms with Crippen LogP contribution in [0.15, 0.2) is 12.2 Å². The van der Waals surface area contributed by atoms with Gasteiger partial charge in [0, 0.05) is 0 Å². The lowest BCUT2D eigenvalue weighted by molar-refractivity contribution is -0.223. The van der Waals surface area contributed by atoms with E-state index >= 15 is 0 Å². The van der Waals surface area contributed by atoms with Crippen LogP contribution >= 0.6 is 0 Å². The summed E-state index contributed by atoms with van der Waals surface area (Å²) in [6.07, 6.45) is -1.11. The second kappa shape index (κ2) is 3.28. The molecule has 1 rings (SSSR count). The van der Waals surface area contributed by atoms with Gasteiger partial charge in [0.05, 0.1) is 5.41 Å². The molecule has 1 aliphatic carbocycles. The second-order valence-corrected chi connectivity index (χ2v) is 4.65. The van der Waals surface area contributed by atoms with E-state index in [0.717, 1.165) is 0 Å². The highest BCUT2D eigenvalue weighted by molar-refractivity contribution is 5.11. The maximum absolute atomic E-state index is 12.8. The van der Waals surface area contributed by atoms with E-state index in [1.807, 2.05) is 13.8 Å². The molecule has 0 aromatic heterocycles. The Labute approximate surface area is 83.2 Å². The summed E-state index contributed by atoms with van der Waals surface area (Å²) in [7, 11) is 0. The van der Waals surface area contributed by atoms with Crippen molar-refractivity contribution in [1.29, 1.82) is 0 Å². The van der Waals surface area contributed by atoms with E-state index in [-0.39, 0.29) is 17.8 Å². The molecule has 0 fully saturated rings. The number of hydrogen-bond acceptors (Lipinski definition) is 0. The van der Waals surface area contributed by atoms with Crippen LogP contribution in [-0.2, 0) is 0 Å². The lowest BCUT2D eigenvalue weighted by Gasteiger charge is -2.43. The molecule has 0 aromatic rings. The molecule has 0 saturated carbocycles. The molecule has 1 aliphatic rings. The van der Waals surface area contributed by atoms with Crippen LogP contribution in [0.3, 0.4) is 0 Å². The topological polar surface area (TPSA) is 0 Å². The summed E-state index contributed by atoms with van der Waals surface area (Å²) in [5, 5.41) is 0. The summed E-state index contributed by atoms with van der Waals surface area (Å²) in [5.74, 6) is -0.0467. The molecule has 3 heteroatoms. The summed E-state index contributed by atoms with van der Waals surface area (Å²) >= 11 is 0. The van der Waals surface area contributed by atoms with Gasteiger partial charge in [0.25, 0.3) is 0 Å². The van der Waals surface area contributed by atoms with Crippen LogP contribution in [0.2, 0.25) is 0 Å². The first kappa shape index (κ1) is 11.6. The molecule has 4 atom stereocenters. The van der Waals surface area contributed by atoms with Crippen molar-refractivity contribution in [1.82, 2.24) is 0 Å². The highest BCUT2D eigenvalue weighted by Gasteiger charge is 2.55. The monoisotopic (exact) mass is 206 g/mol. The predicted octanol–water partition coefficient (Wildman–Crippen LogP) is 4.03. The van der Waals surface area contributed by atoms with Crippen molar-refractivity contribution in [3.8, 4) is 0 Å². The van der Waals surface area contributed by atoms with Crippen molar-refractivity contribution in [2.75, 3.05) is 0 Å². The average molecular weight is 206 g/mol. The van der Waals surface area contributed by atoms with E-state index in [4.69, 9.17) is 0 Å². The smallest absolute Gasteiger partial charge is 0.170 e. The molecule has 0 nitrogen and oxygen atoms in total. The molecule has 0 heterocycles. The van der Waals surface area contributed by atoms with E-state index in [1.54, 1.807) is 13.0 Å². The third kappa shape index (κ3) is 1.57. The highest BCUT2D eigenvalue weighted by atomic mass is 19.4. The van der Waals surface area contributed by atoms with Gasteiger partial charge in [-0.25, -0.2) is 0 Å². The van der Waals surface area contributed by atoms with Gasteiger partial charge in [-0.1, -0.05) is 32.9 Å². The zero-order valence-electron chi connectivity index (χ0n) is 9.02. The predicted molar refractivity (Wildman–Crippen MR) is 50.8 cm³/mol. The Morgan fingerprint density at radius 3 is 2.07 bits per heavy atom. The molecule has 0 spiro atoms. The van der Waals surface area contributed by atoms with Gasteiger partial charge in [-0.15, -0.1) is 0 Å². The van der Waals surface area contributed by atoms with Crippen molar-refractivity contribution in [3.05, 3.63) is 12.2 Å². The largest absolute Gasteiger partial charge is 0.397 e. The second-order valence-electron chi connectivity index (χ2n) is 4.65. The van der Waals surface area contributed by atoms with E-state index in [1.165, 1.54) is 13.0 Å². The van der Waals surface area contributed by atoms with Crippen LogP contribution in [0.25, 0.3) is 0 Å². The zero-order chi connectivity index (χ0) is 11.1. The number of allylic oxidation sites excluding steroid dienone is 2. The van der Waals surface area contributed by atoms with Gasteiger partial charge in [-0.3, -0.25) is 0 Å². The van der Waals surface area contributed by atoms with Gasteiger partial charge < -0.3 is 0 Å². The van der Waals surface area contributed by atoms with Gasteiger partial charge in [-0.05, 0) is 24.7 Å². The van der Waals surface area contributed by atoms with Crippen molar-refractivity contribution >= 4 is 0 Å². The van der Waals surface area contributed by atoms with Crippen LogP contribution in [-0.4, -0.2) is 6.18 Å². The van der Waals surface area contributed by atoms with Crippen molar-refractivity contribution in [2.45, 2.75) is 33.9 Å². The fourth-order valence-corrected chi connectivity index (χ4v) is 2.03. The Morgan fingerprint density at radius 2 is 1.64 bits per heavy atom. The maximum Gasteiger partial charge on any atom is 0.397 e. The molecule has 82 valence electrons. The first-order chi connectivity index (χ1) is 6.20. The Bertz CT molecular complexity index is 241. The minimum atomic E-state index is -4.14. The van der Waals surface area contributed by atoms with Crippen molar-refractivity contribution < 1.29 is 13.2 Å². The average Bonchev–Trinajstić information content (AvgIpc) is 2.06. The molecule has 0 radical (unpaired) electrons. The fraction of sp³-hybridized carbons (Fsp3) is 0.818. The van der Waals surface area contributed by atoms with E-state index in [0.29, 0.717) is 0 Å². The number of halogens is 3. The molecular formula is C11H17F3. The molecule has 0 N–H and O–H groups in total. The van der Waals surface area contributed by atoms with E-state index in [9.17, 15) is 13.2 Å². The van der Waals surface area contributed by atoms with E-state index < -0.39 is 11.6 Å².